The highest BCUT2D eigenvalue weighted by atomic mass is 35.5. The van der Waals surface area contributed by atoms with Crippen molar-refractivity contribution in [3.8, 4) is 5.75 Å². The summed E-state index contributed by atoms with van der Waals surface area (Å²) >= 11 is 10.8. The Bertz CT molecular complexity index is 804. The highest BCUT2D eigenvalue weighted by molar-refractivity contribution is 7.79. The summed E-state index contributed by atoms with van der Waals surface area (Å²) in [4.78, 5) is 4.11. The van der Waals surface area contributed by atoms with Crippen molar-refractivity contribution in [2.24, 2.45) is 0 Å². The van der Waals surface area contributed by atoms with Crippen molar-refractivity contribution in [2.75, 3.05) is 5.32 Å². The first-order valence-electron chi connectivity index (χ1n) is 8.40. The molecule has 0 aliphatic carbocycles. The van der Waals surface area contributed by atoms with Crippen LogP contribution in [-0.4, -0.2) is 21.1 Å². The molecule has 0 fully saturated rings. The van der Waals surface area contributed by atoms with Gasteiger partial charge in [0.05, 0.1) is 18.4 Å². The molecule has 6 heteroatoms. The van der Waals surface area contributed by atoms with Crippen LogP contribution in [-0.2, 0) is 13.0 Å². The van der Waals surface area contributed by atoms with Gasteiger partial charge in [-0.3, -0.25) is 0 Å². The van der Waals surface area contributed by atoms with E-state index < -0.39 is 0 Å². The number of hydrogen-bond acceptors (Lipinski definition) is 3. The second-order valence-corrected chi connectivity index (χ2v) is 6.62. The monoisotopic (exact) mass is 385 g/mol. The van der Waals surface area contributed by atoms with Crippen LogP contribution in [0.1, 0.15) is 12.0 Å². The average Bonchev–Trinajstić information content (AvgIpc) is 3.16. The normalized spacial score (nSPS) is 11.7. The van der Waals surface area contributed by atoms with Crippen LogP contribution < -0.4 is 10.1 Å². The van der Waals surface area contributed by atoms with Crippen LogP contribution >= 0.6 is 23.8 Å². The van der Waals surface area contributed by atoms with Crippen molar-refractivity contribution in [1.82, 2.24) is 9.55 Å². The summed E-state index contributed by atoms with van der Waals surface area (Å²) in [5, 5.41) is 3.74. The van der Waals surface area contributed by atoms with E-state index >= 15 is 0 Å². The minimum Gasteiger partial charge on any atom is -0.489 e. The fourth-order valence-electron chi connectivity index (χ4n) is 2.69. The first-order chi connectivity index (χ1) is 12.7. The summed E-state index contributed by atoms with van der Waals surface area (Å²) in [6.45, 7) is 0.744. The van der Waals surface area contributed by atoms with Gasteiger partial charge in [-0.1, -0.05) is 36.0 Å². The van der Waals surface area contributed by atoms with Gasteiger partial charge in [0.1, 0.15) is 11.9 Å². The number of rotatable bonds is 9. The minimum atomic E-state index is 0.0317. The van der Waals surface area contributed by atoms with Crippen molar-refractivity contribution in [3.05, 3.63) is 77.8 Å². The van der Waals surface area contributed by atoms with Crippen LogP contribution in [0.4, 0.5) is 5.69 Å². The Morgan fingerprint density at radius 1 is 1.15 bits per heavy atom. The van der Waals surface area contributed by atoms with Crippen molar-refractivity contribution in [2.45, 2.75) is 25.5 Å². The second-order valence-electron chi connectivity index (χ2n) is 5.95. The van der Waals surface area contributed by atoms with Crippen LogP contribution in [0, 0.1) is 0 Å². The predicted octanol–water partition coefficient (Wildman–Crippen LogP) is 4.99. The van der Waals surface area contributed by atoms with Gasteiger partial charge in [-0.05, 0) is 54.8 Å². The highest BCUT2D eigenvalue weighted by Crippen LogP contribution is 2.20. The van der Waals surface area contributed by atoms with Gasteiger partial charge >= 0.3 is 0 Å². The van der Waals surface area contributed by atoms with Crippen LogP contribution in [0.2, 0.25) is 5.02 Å². The van der Waals surface area contributed by atoms with Crippen LogP contribution in [0.25, 0.3) is 0 Å². The van der Waals surface area contributed by atoms with Gasteiger partial charge in [0.2, 0.25) is 0 Å². The number of aryl methyl sites for hydroxylation is 1. The van der Waals surface area contributed by atoms with Crippen molar-refractivity contribution < 1.29 is 4.74 Å². The number of nitrogens with zero attached hydrogens (tertiary/aromatic N) is 2. The summed E-state index contributed by atoms with van der Waals surface area (Å²) in [6, 6.07) is 15.8. The zero-order valence-electron chi connectivity index (χ0n) is 14.2. The molecule has 1 aromatic heterocycles. The standard InChI is InChI=1S/C20H20ClN3OS/c21-17-4-1-16(2-5-17)3-8-20(13-24-12-11-22-14-24)25-19-9-6-18(7-10-19)23-15-26/h1-2,4-7,9-12,14-15,20H,3,8,13H2,(H,23,26). The molecule has 0 amide bonds. The van der Waals surface area contributed by atoms with E-state index in [0.717, 1.165) is 35.8 Å². The number of anilines is 1. The molecule has 3 aromatic rings. The lowest BCUT2D eigenvalue weighted by atomic mass is 10.1. The van der Waals surface area contributed by atoms with Gasteiger partial charge in [-0.25, -0.2) is 4.98 Å². The van der Waals surface area contributed by atoms with Gasteiger partial charge < -0.3 is 14.6 Å². The molecule has 1 N–H and O–H groups in total. The SMILES string of the molecule is S=CNc1ccc(OC(CCc2ccc(Cl)cc2)Cn2ccnc2)cc1. The number of imidazole rings is 1. The number of ether oxygens (including phenoxy) is 1. The molecule has 0 saturated carbocycles. The second kappa shape index (κ2) is 9.36. The van der Waals surface area contributed by atoms with E-state index in [2.05, 4.69) is 22.4 Å². The molecule has 1 heterocycles. The van der Waals surface area contributed by atoms with Crippen LogP contribution in [0.3, 0.4) is 0 Å². The Kier molecular flexibility index (Phi) is 6.63. The van der Waals surface area contributed by atoms with E-state index in [9.17, 15) is 0 Å². The van der Waals surface area contributed by atoms with Gasteiger partial charge in [0, 0.05) is 23.1 Å². The largest absolute Gasteiger partial charge is 0.489 e. The van der Waals surface area contributed by atoms with Gasteiger partial charge in [0.25, 0.3) is 0 Å². The van der Waals surface area contributed by atoms with Gasteiger partial charge in [0.15, 0.2) is 0 Å². The molecule has 4 nitrogen and oxygen atoms in total. The third kappa shape index (κ3) is 5.58. The number of halogens is 1. The van der Waals surface area contributed by atoms with Crippen molar-refractivity contribution in [1.29, 1.82) is 0 Å². The predicted molar refractivity (Wildman–Crippen MR) is 110 cm³/mol. The fraction of sp³-hybridized carbons (Fsp3) is 0.200. The third-order valence-corrected chi connectivity index (χ3v) is 4.39. The van der Waals surface area contributed by atoms with Crippen LogP contribution in [0.5, 0.6) is 5.75 Å². The molecule has 26 heavy (non-hydrogen) atoms. The lowest BCUT2D eigenvalue weighted by Gasteiger charge is -2.20. The Morgan fingerprint density at radius 3 is 2.58 bits per heavy atom. The van der Waals surface area contributed by atoms with Crippen molar-refractivity contribution in [3.63, 3.8) is 0 Å². The Balaban J connectivity index is 1.65. The lowest BCUT2D eigenvalue weighted by Crippen LogP contribution is -2.23. The molecule has 134 valence electrons. The fourth-order valence-corrected chi connectivity index (χ4v) is 2.95. The number of aromatic nitrogens is 2. The summed E-state index contributed by atoms with van der Waals surface area (Å²) in [5.74, 6) is 0.834. The molecule has 0 bridgehead atoms. The number of nitrogens with one attached hydrogen (secondary N) is 1. The van der Waals surface area contributed by atoms with Gasteiger partial charge in [-0.15, -0.1) is 0 Å². The molecule has 0 aliphatic rings. The van der Waals surface area contributed by atoms with E-state index in [0.29, 0.717) is 0 Å². The maximum Gasteiger partial charge on any atom is 0.119 e. The summed E-state index contributed by atoms with van der Waals surface area (Å²) in [6.07, 6.45) is 7.38. The quantitative estimate of drug-likeness (QED) is 0.527. The zero-order valence-corrected chi connectivity index (χ0v) is 15.8. The van der Waals surface area contributed by atoms with E-state index in [1.807, 2.05) is 53.5 Å². The molecule has 0 spiro atoms. The minimum absolute atomic E-state index is 0.0317. The molecular weight excluding hydrogens is 366 g/mol. The third-order valence-electron chi connectivity index (χ3n) is 4.02. The molecule has 1 unspecified atom stereocenters. The Labute approximate surface area is 163 Å². The smallest absolute Gasteiger partial charge is 0.119 e. The first-order valence-corrected chi connectivity index (χ1v) is 9.25. The Morgan fingerprint density at radius 2 is 1.92 bits per heavy atom. The van der Waals surface area contributed by atoms with Crippen LogP contribution in [0.15, 0.2) is 67.3 Å². The van der Waals surface area contributed by atoms with E-state index in [-0.39, 0.29) is 6.10 Å². The maximum absolute atomic E-state index is 6.23. The summed E-state index contributed by atoms with van der Waals surface area (Å²) < 4.78 is 8.26. The van der Waals surface area contributed by atoms with E-state index in [1.54, 1.807) is 6.20 Å². The van der Waals surface area contributed by atoms with Crippen molar-refractivity contribution >= 4 is 35.0 Å². The molecular formula is C20H20ClN3OS. The summed E-state index contributed by atoms with van der Waals surface area (Å²) in [7, 11) is 0. The zero-order chi connectivity index (χ0) is 18.2. The van der Waals surface area contributed by atoms with E-state index in [4.69, 9.17) is 28.6 Å². The van der Waals surface area contributed by atoms with Gasteiger partial charge in [-0.2, -0.15) is 0 Å². The molecule has 0 aliphatic heterocycles. The molecule has 2 aromatic carbocycles. The molecule has 0 saturated heterocycles. The highest BCUT2D eigenvalue weighted by Gasteiger charge is 2.12. The van der Waals surface area contributed by atoms with E-state index in [1.165, 1.54) is 11.1 Å². The molecule has 1 atom stereocenters. The lowest BCUT2D eigenvalue weighted by molar-refractivity contribution is 0.170. The molecule has 3 rings (SSSR count). The average molecular weight is 386 g/mol. The number of thiocarbonyl (C=S) groups is 1. The Hall–Kier alpha value is -2.37. The molecule has 0 radical (unpaired) electrons. The number of hydrogen-bond donors (Lipinski definition) is 1. The number of benzene rings is 2. The topological polar surface area (TPSA) is 39.1 Å². The first kappa shape index (κ1) is 18.4. The maximum atomic E-state index is 6.23. The summed E-state index contributed by atoms with van der Waals surface area (Å²) in [5.41, 5.74) is 3.68.